The summed E-state index contributed by atoms with van der Waals surface area (Å²) >= 11 is 0. The fourth-order valence-electron chi connectivity index (χ4n) is 2.81. The number of benzene rings is 1. The third-order valence-electron chi connectivity index (χ3n) is 4.43. The van der Waals surface area contributed by atoms with Crippen LogP contribution in [0.2, 0.25) is 0 Å². The number of aromatic carboxylic acids is 1. The molecule has 10 nitrogen and oxygen atoms in total. The second kappa shape index (κ2) is 11.3. The number of carboxylic acid groups (broad SMARTS) is 1. The summed E-state index contributed by atoms with van der Waals surface area (Å²) in [6.07, 6.45) is -4.70. The lowest BCUT2D eigenvalue weighted by molar-refractivity contribution is -0.261. The lowest BCUT2D eigenvalue weighted by Gasteiger charge is -2.40. The monoisotopic (exact) mass is 438 g/mol. The zero-order chi connectivity index (χ0) is 23.0. The Morgan fingerprint density at radius 1 is 0.903 bits per heavy atom. The Kier molecular flexibility index (Phi) is 8.80. The molecule has 1 N–H and O–H groups in total. The molecule has 1 heterocycles. The fourth-order valence-corrected chi connectivity index (χ4v) is 2.81. The molecule has 2 rings (SSSR count). The van der Waals surface area contributed by atoms with Gasteiger partial charge in [-0.2, -0.15) is 0 Å². The van der Waals surface area contributed by atoms with Crippen molar-refractivity contribution in [3.8, 4) is 5.75 Å². The molecule has 1 saturated heterocycles. The highest BCUT2D eigenvalue weighted by atomic mass is 16.7. The zero-order valence-corrected chi connectivity index (χ0v) is 17.6. The van der Waals surface area contributed by atoms with E-state index in [9.17, 15) is 24.3 Å². The van der Waals surface area contributed by atoms with Crippen LogP contribution in [0.15, 0.2) is 24.3 Å². The average Bonchev–Trinajstić information content (AvgIpc) is 2.77. The largest absolute Gasteiger partial charge is 0.478 e. The summed E-state index contributed by atoms with van der Waals surface area (Å²) in [6, 6.07) is 5.85. The van der Waals surface area contributed by atoms with Crippen molar-refractivity contribution in [2.45, 2.75) is 64.6 Å². The second-order valence-corrected chi connectivity index (χ2v) is 6.62. The molecule has 0 spiro atoms. The van der Waals surface area contributed by atoms with Crippen LogP contribution in [0.5, 0.6) is 5.75 Å². The molecular weight excluding hydrogens is 412 g/mol. The Bertz CT molecular complexity index is 805. The number of carbonyl (C=O) groups excluding carboxylic acids is 3. The summed E-state index contributed by atoms with van der Waals surface area (Å²) < 4.78 is 27.5. The predicted molar refractivity (Wildman–Crippen MR) is 104 cm³/mol. The normalized spacial score (nSPS) is 22.8. The number of carbonyl (C=O) groups is 4. The number of carboxylic acids is 1. The van der Waals surface area contributed by atoms with E-state index in [1.165, 1.54) is 18.2 Å². The minimum absolute atomic E-state index is 0.0167. The topological polar surface area (TPSA) is 135 Å². The van der Waals surface area contributed by atoms with E-state index in [4.69, 9.17) is 23.7 Å². The van der Waals surface area contributed by atoms with E-state index in [2.05, 4.69) is 0 Å². The average molecular weight is 438 g/mol. The van der Waals surface area contributed by atoms with Crippen LogP contribution in [-0.2, 0) is 33.3 Å². The summed E-state index contributed by atoms with van der Waals surface area (Å²) in [7, 11) is 0. The van der Waals surface area contributed by atoms with Gasteiger partial charge in [-0.3, -0.25) is 14.4 Å². The van der Waals surface area contributed by atoms with Crippen molar-refractivity contribution in [3.63, 3.8) is 0 Å². The van der Waals surface area contributed by atoms with Gasteiger partial charge in [0.05, 0.1) is 6.61 Å². The first-order valence-electron chi connectivity index (χ1n) is 9.99. The second-order valence-electron chi connectivity index (χ2n) is 6.62. The number of rotatable bonds is 9. The van der Waals surface area contributed by atoms with E-state index in [-0.39, 0.29) is 37.2 Å². The Morgan fingerprint density at radius 2 is 1.45 bits per heavy atom. The number of hydrogen-bond donors (Lipinski definition) is 1. The number of hydrogen-bond acceptors (Lipinski definition) is 9. The molecule has 1 aliphatic rings. The molecule has 31 heavy (non-hydrogen) atoms. The summed E-state index contributed by atoms with van der Waals surface area (Å²) in [5.74, 6) is -3.04. The highest BCUT2D eigenvalue weighted by molar-refractivity contribution is 5.90. The smallest absolute Gasteiger partial charge is 0.339 e. The van der Waals surface area contributed by atoms with Crippen LogP contribution in [0.25, 0.3) is 0 Å². The summed E-state index contributed by atoms with van der Waals surface area (Å²) in [4.78, 5) is 47.4. The first-order valence-corrected chi connectivity index (χ1v) is 9.99. The zero-order valence-electron chi connectivity index (χ0n) is 17.6. The molecule has 0 radical (unpaired) electrons. The summed E-state index contributed by atoms with van der Waals surface area (Å²) in [6.45, 7) is 4.54. The van der Waals surface area contributed by atoms with Gasteiger partial charge < -0.3 is 28.8 Å². The van der Waals surface area contributed by atoms with E-state index < -0.39 is 48.5 Å². The van der Waals surface area contributed by atoms with Gasteiger partial charge in [-0.05, 0) is 12.1 Å². The fraction of sp³-hybridized carbons (Fsp3) is 0.524. The standard InChI is InChI=1S/C21H26O10/c1-4-15(22)28-14-11-27-21(29-13-10-8-7-9-12(13)20(25)26)19(31-17(24)6-3)18(14)30-16(23)5-2/h7-10,14,18-19,21H,4-6,11H2,1-3H3,(H,25,26)/t14-,18+,19-,21-/m1/s1. The molecule has 0 bridgehead atoms. The van der Waals surface area contributed by atoms with Gasteiger partial charge >= 0.3 is 23.9 Å². The van der Waals surface area contributed by atoms with Gasteiger partial charge in [-0.15, -0.1) is 0 Å². The van der Waals surface area contributed by atoms with E-state index in [1.807, 2.05) is 0 Å². The maximum Gasteiger partial charge on any atom is 0.339 e. The molecule has 10 heteroatoms. The van der Waals surface area contributed by atoms with E-state index in [0.717, 1.165) is 0 Å². The molecule has 1 aromatic rings. The van der Waals surface area contributed by atoms with Crippen molar-refractivity contribution in [2.24, 2.45) is 0 Å². The predicted octanol–water partition coefficient (Wildman–Crippen LogP) is 2.09. The van der Waals surface area contributed by atoms with Crippen molar-refractivity contribution in [1.82, 2.24) is 0 Å². The molecule has 1 aromatic carbocycles. The molecule has 1 aliphatic heterocycles. The first kappa shape index (κ1) is 24.1. The van der Waals surface area contributed by atoms with Gasteiger partial charge in [-0.1, -0.05) is 32.9 Å². The number of para-hydroxylation sites is 1. The molecular formula is C21H26O10. The van der Waals surface area contributed by atoms with Crippen molar-refractivity contribution in [3.05, 3.63) is 29.8 Å². The van der Waals surface area contributed by atoms with E-state index in [0.29, 0.717) is 0 Å². The van der Waals surface area contributed by atoms with E-state index >= 15 is 0 Å². The Balaban J connectivity index is 2.38. The van der Waals surface area contributed by atoms with Gasteiger partial charge in [0.1, 0.15) is 11.3 Å². The van der Waals surface area contributed by atoms with Gasteiger partial charge in [0.25, 0.3) is 0 Å². The quantitative estimate of drug-likeness (QED) is 0.451. The van der Waals surface area contributed by atoms with Gasteiger partial charge in [-0.25, -0.2) is 4.79 Å². The van der Waals surface area contributed by atoms with Crippen LogP contribution in [0.3, 0.4) is 0 Å². The highest BCUT2D eigenvalue weighted by Crippen LogP contribution is 2.29. The van der Waals surface area contributed by atoms with Gasteiger partial charge in [0.15, 0.2) is 12.2 Å². The number of esters is 3. The molecule has 1 fully saturated rings. The molecule has 0 saturated carbocycles. The Hall–Kier alpha value is -3.14. The van der Waals surface area contributed by atoms with E-state index in [1.54, 1.807) is 26.8 Å². The maximum absolute atomic E-state index is 12.1. The molecule has 0 unspecified atom stereocenters. The minimum Gasteiger partial charge on any atom is -0.478 e. The molecule has 4 atom stereocenters. The van der Waals surface area contributed by atoms with Crippen LogP contribution < -0.4 is 4.74 Å². The summed E-state index contributed by atoms with van der Waals surface area (Å²) in [5.41, 5.74) is -0.131. The maximum atomic E-state index is 12.1. The highest BCUT2D eigenvalue weighted by Gasteiger charge is 2.48. The van der Waals surface area contributed by atoms with Crippen molar-refractivity contribution in [2.75, 3.05) is 6.61 Å². The SMILES string of the molecule is CCC(=O)O[C@@H]1[C@@H](OC(=O)CC)[C@@H](Oc2ccccc2C(=O)O)OC[C@H]1OC(=O)CC. The number of ether oxygens (including phenoxy) is 5. The summed E-state index contributed by atoms with van der Waals surface area (Å²) in [5, 5.41) is 9.38. The Labute approximate surface area is 179 Å². The first-order chi connectivity index (χ1) is 14.8. The Morgan fingerprint density at radius 3 is 2.03 bits per heavy atom. The van der Waals surface area contributed by atoms with Crippen molar-refractivity contribution in [1.29, 1.82) is 0 Å². The third-order valence-corrected chi connectivity index (χ3v) is 4.43. The van der Waals surface area contributed by atoms with Crippen LogP contribution in [0.1, 0.15) is 50.4 Å². The molecule has 170 valence electrons. The van der Waals surface area contributed by atoms with Crippen molar-refractivity contribution >= 4 is 23.9 Å². The molecule has 0 aromatic heterocycles. The van der Waals surface area contributed by atoms with Gasteiger partial charge in [0, 0.05) is 19.3 Å². The lowest BCUT2D eigenvalue weighted by Crippen LogP contribution is -2.59. The van der Waals surface area contributed by atoms with Crippen molar-refractivity contribution < 1.29 is 48.0 Å². The lowest BCUT2D eigenvalue weighted by atomic mass is 10.0. The minimum atomic E-state index is -1.30. The van der Waals surface area contributed by atoms with Crippen LogP contribution in [0, 0.1) is 0 Å². The molecule has 0 aliphatic carbocycles. The molecule has 0 amide bonds. The van der Waals surface area contributed by atoms with Crippen LogP contribution in [-0.4, -0.2) is 60.2 Å². The van der Waals surface area contributed by atoms with Crippen LogP contribution in [0.4, 0.5) is 0 Å². The third kappa shape index (κ3) is 6.42. The van der Waals surface area contributed by atoms with Gasteiger partial charge in [0.2, 0.25) is 12.4 Å². The van der Waals surface area contributed by atoms with Crippen LogP contribution >= 0.6 is 0 Å².